The molecular weight excluding hydrogens is 228 g/mol. The molecular formula is C8H13ClO2S2. The van der Waals surface area contributed by atoms with Crippen LogP contribution in [0.3, 0.4) is 0 Å². The first-order valence-corrected chi connectivity index (χ1v) is 6.84. The molecule has 2 atom stereocenters. The number of rotatable bonds is 3. The van der Waals surface area contributed by atoms with Crippen LogP contribution in [0.1, 0.15) is 13.3 Å². The molecule has 0 radical (unpaired) electrons. The zero-order valence-corrected chi connectivity index (χ0v) is 9.88. The molecule has 5 heteroatoms. The fourth-order valence-corrected chi connectivity index (χ4v) is 3.78. The maximum Gasteiger partial charge on any atom is 0.308 e. The molecule has 1 saturated heterocycles. The molecule has 0 aromatic rings. The highest BCUT2D eigenvalue weighted by Gasteiger charge is 2.22. The van der Waals surface area contributed by atoms with E-state index in [1.807, 2.05) is 11.8 Å². The molecule has 1 rings (SSSR count). The van der Waals surface area contributed by atoms with E-state index in [1.54, 1.807) is 11.8 Å². The maximum atomic E-state index is 11.1. The van der Waals surface area contributed by atoms with E-state index in [4.69, 9.17) is 16.3 Å². The number of thioether (sulfide) groups is 2. The first kappa shape index (κ1) is 11.5. The molecule has 1 aliphatic rings. The summed E-state index contributed by atoms with van der Waals surface area (Å²) in [6, 6.07) is 0. The zero-order chi connectivity index (χ0) is 9.68. The number of hydrogen-bond acceptors (Lipinski definition) is 4. The van der Waals surface area contributed by atoms with E-state index in [-0.39, 0.29) is 11.4 Å². The SMILES string of the molecule is CC1CSCC(OC(=O)CCCl)S1. The summed E-state index contributed by atoms with van der Waals surface area (Å²) in [5, 5.41) is 0.576. The summed E-state index contributed by atoms with van der Waals surface area (Å²) in [7, 11) is 0. The van der Waals surface area contributed by atoms with E-state index in [2.05, 4.69) is 6.92 Å². The molecule has 76 valence electrons. The smallest absolute Gasteiger partial charge is 0.308 e. The third kappa shape index (κ3) is 4.47. The number of halogens is 1. The predicted octanol–water partition coefficient (Wildman–Crippen LogP) is 2.35. The molecule has 0 bridgehead atoms. The molecule has 1 fully saturated rings. The molecule has 0 saturated carbocycles. The molecule has 1 heterocycles. The fraction of sp³-hybridized carbons (Fsp3) is 0.875. The number of alkyl halides is 1. The van der Waals surface area contributed by atoms with Crippen LogP contribution in [0.15, 0.2) is 0 Å². The van der Waals surface area contributed by atoms with E-state index >= 15 is 0 Å². The van der Waals surface area contributed by atoms with Crippen molar-refractivity contribution in [1.29, 1.82) is 0 Å². The Kier molecular flexibility index (Phi) is 5.36. The molecule has 13 heavy (non-hydrogen) atoms. The van der Waals surface area contributed by atoms with Gasteiger partial charge in [0.25, 0.3) is 0 Å². The molecule has 0 spiro atoms. The van der Waals surface area contributed by atoms with Gasteiger partial charge in [0.05, 0.1) is 6.42 Å². The van der Waals surface area contributed by atoms with Crippen molar-refractivity contribution in [2.45, 2.75) is 24.0 Å². The number of carbonyl (C=O) groups is 1. The number of ether oxygens (including phenoxy) is 1. The average molecular weight is 241 g/mol. The van der Waals surface area contributed by atoms with Crippen LogP contribution in [0.5, 0.6) is 0 Å². The summed E-state index contributed by atoms with van der Waals surface area (Å²) < 4.78 is 5.22. The zero-order valence-electron chi connectivity index (χ0n) is 7.49. The van der Waals surface area contributed by atoms with Crippen LogP contribution >= 0.6 is 35.1 Å². The molecule has 0 aromatic heterocycles. The Morgan fingerprint density at radius 3 is 3.00 bits per heavy atom. The minimum absolute atomic E-state index is 0.0319. The molecule has 0 N–H and O–H groups in total. The highest BCUT2D eigenvalue weighted by atomic mass is 35.5. The van der Waals surface area contributed by atoms with Crippen molar-refractivity contribution < 1.29 is 9.53 Å². The lowest BCUT2D eigenvalue weighted by Gasteiger charge is -2.25. The van der Waals surface area contributed by atoms with E-state index < -0.39 is 0 Å². The van der Waals surface area contributed by atoms with Crippen molar-refractivity contribution in [2.75, 3.05) is 17.4 Å². The topological polar surface area (TPSA) is 26.3 Å². The molecule has 2 nitrogen and oxygen atoms in total. The number of carbonyl (C=O) groups excluding carboxylic acids is 1. The van der Waals surface area contributed by atoms with Gasteiger partial charge < -0.3 is 4.74 Å². The average Bonchev–Trinajstić information content (AvgIpc) is 2.04. The third-order valence-corrected chi connectivity index (χ3v) is 4.63. The first-order chi connectivity index (χ1) is 6.22. The van der Waals surface area contributed by atoms with Crippen LogP contribution in [0.25, 0.3) is 0 Å². The summed E-state index contributed by atoms with van der Waals surface area (Å²) in [5.74, 6) is 2.22. The second kappa shape index (κ2) is 6.04. The Bertz CT molecular complexity index is 178. The van der Waals surface area contributed by atoms with E-state index in [0.29, 0.717) is 17.6 Å². The molecule has 0 aliphatic carbocycles. The molecule has 0 aromatic carbocycles. The lowest BCUT2D eigenvalue weighted by Crippen LogP contribution is -2.25. The van der Waals surface area contributed by atoms with Gasteiger partial charge in [0.1, 0.15) is 0 Å². The van der Waals surface area contributed by atoms with Gasteiger partial charge in [-0.05, 0) is 0 Å². The summed E-state index contributed by atoms with van der Waals surface area (Å²) in [6.07, 6.45) is 0.317. The first-order valence-electron chi connectivity index (χ1n) is 4.21. The van der Waals surface area contributed by atoms with Gasteiger partial charge in [-0.15, -0.1) is 23.4 Å². The minimum Gasteiger partial charge on any atom is -0.450 e. The standard InChI is InChI=1S/C8H13ClO2S2/c1-6-4-12-5-8(13-6)11-7(10)2-3-9/h6,8H,2-5H2,1H3. The summed E-state index contributed by atoms with van der Waals surface area (Å²) >= 11 is 9.00. The van der Waals surface area contributed by atoms with Gasteiger partial charge >= 0.3 is 5.97 Å². The monoisotopic (exact) mass is 240 g/mol. The number of esters is 1. The van der Waals surface area contributed by atoms with Gasteiger partial charge in [0.15, 0.2) is 5.44 Å². The van der Waals surface area contributed by atoms with Gasteiger partial charge in [-0.25, -0.2) is 0 Å². The van der Waals surface area contributed by atoms with Crippen molar-refractivity contribution in [2.24, 2.45) is 0 Å². The fourth-order valence-electron chi connectivity index (χ4n) is 1.01. The third-order valence-electron chi connectivity index (χ3n) is 1.55. The van der Waals surface area contributed by atoms with Gasteiger partial charge in [0.2, 0.25) is 0 Å². The Hall–Kier alpha value is 0.460. The van der Waals surface area contributed by atoms with E-state index in [9.17, 15) is 4.79 Å². The highest BCUT2D eigenvalue weighted by molar-refractivity contribution is 8.07. The van der Waals surface area contributed by atoms with E-state index in [0.717, 1.165) is 11.5 Å². The van der Waals surface area contributed by atoms with Crippen LogP contribution in [-0.2, 0) is 9.53 Å². The lowest BCUT2D eigenvalue weighted by atomic mass is 10.5. The maximum absolute atomic E-state index is 11.1. The van der Waals surface area contributed by atoms with Crippen molar-refractivity contribution in [1.82, 2.24) is 0 Å². The minimum atomic E-state index is -0.179. The number of hydrogen-bond donors (Lipinski definition) is 0. The van der Waals surface area contributed by atoms with Gasteiger partial charge in [0, 0.05) is 22.6 Å². The Balaban J connectivity index is 2.23. The summed E-state index contributed by atoms with van der Waals surface area (Å²) in [5.41, 5.74) is 0.0319. The van der Waals surface area contributed by atoms with Gasteiger partial charge in [-0.3, -0.25) is 4.79 Å². The summed E-state index contributed by atoms with van der Waals surface area (Å²) in [6.45, 7) is 2.15. The van der Waals surface area contributed by atoms with Crippen LogP contribution in [0, 0.1) is 0 Å². The molecule has 0 amide bonds. The van der Waals surface area contributed by atoms with Crippen LogP contribution < -0.4 is 0 Å². The quantitative estimate of drug-likeness (QED) is 0.559. The van der Waals surface area contributed by atoms with Crippen LogP contribution in [0.4, 0.5) is 0 Å². The molecule has 1 aliphatic heterocycles. The highest BCUT2D eigenvalue weighted by Crippen LogP contribution is 2.30. The summed E-state index contributed by atoms with van der Waals surface area (Å²) in [4.78, 5) is 11.1. The Labute approximate surface area is 92.1 Å². The van der Waals surface area contributed by atoms with Crippen molar-refractivity contribution in [3.63, 3.8) is 0 Å². The van der Waals surface area contributed by atoms with Crippen molar-refractivity contribution >= 4 is 41.1 Å². The largest absolute Gasteiger partial charge is 0.450 e. The van der Waals surface area contributed by atoms with Gasteiger partial charge in [-0.2, -0.15) is 11.8 Å². The van der Waals surface area contributed by atoms with Crippen molar-refractivity contribution in [3.05, 3.63) is 0 Å². The second-order valence-electron chi connectivity index (χ2n) is 2.84. The van der Waals surface area contributed by atoms with Gasteiger partial charge in [-0.1, -0.05) is 6.92 Å². The van der Waals surface area contributed by atoms with E-state index in [1.165, 1.54) is 0 Å². The second-order valence-corrected chi connectivity index (χ2v) is 5.90. The van der Waals surface area contributed by atoms with Crippen LogP contribution in [0.2, 0.25) is 0 Å². The van der Waals surface area contributed by atoms with Crippen LogP contribution in [-0.4, -0.2) is 34.0 Å². The normalized spacial score (nSPS) is 28.5. The Morgan fingerprint density at radius 1 is 1.62 bits per heavy atom. The predicted molar refractivity (Wildman–Crippen MR) is 59.6 cm³/mol. The molecule has 2 unspecified atom stereocenters. The Morgan fingerprint density at radius 2 is 2.38 bits per heavy atom. The van der Waals surface area contributed by atoms with Crippen molar-refractivity contribution in [3.8, 4) is 0 Å². The lowest BCUT2D eigenvalue weighted by molar-refractivity contribution is -0.143.